The Morgan fingerprint density at radius 3 is 2.96 bits per heavy atom. The van der Waals surface area contributed by atoms with Gasteiger partial charge in [-0.05, 0) is 62.6 Å². The van der Waals surface area contributed by atoms with Crippen LogP contribution in [0, 0.1) is 29.6 Å². The summed E-state index contributed by atoms with van der Waals surface area (Å²) in [5.41, 5.74) is 0.415. The summed E-state index contributed by atoms with van der Waals surface area (Å²) >= 11 is 0. The van der Waals surface area contributed by atoms with Crippen LogP contribution in [0.15, 0.2) is 36.7 Å². The van der Waals surface area contributed by atoms with E-state index in [1.165, 1.54) is 31.2 Å². The lowest BCUT2D eigenvalue weighted by Crippen LogP contribution is -2.36. The smallest absolute Gasteiger partial charge is 0.126 e. The largest absolute Gasteiger partial charge is 0.378 e. The van der Waals surface area contributed by atoms with Crippen molar-refractivity contribution in [1.29, 1.82) is 0 Å². The molecule has 1 aromatic heterocycles. The van der Waals surface area contributed by atoms with Crippen molar-refractivity contribution >= 4 is 0 Å². The second-order valence-corrected chi connectivity index (χ2v) is 8.10. The van der Waals surface area contributed by atoms with Crippen molar-refractivity contribution in [3.05, 3.63) is 42.2 Å². The Balaban J connectivity index is 1.43. The molecule has 2 heterocycles. The number of hydrogen-bond donors (Lipinski definition) is 1. The molecule has 132 valence electrons. The monoisotopic (exact) mass is 336 g/mol. The van der Waals surface area contributed by atoms with E-state index in [4.69, 9.17) is 0 Å². The first-order chi connectivity index (χ1) is 12.1. The minimum absolute atomic E-state index is 0.297. The summed E-state index contributed by atoms with van der Waals surface area (Å²) in [6.45, 7) is 3.72. The fraction of sp³-hybridized carbons (Fsp3) is 0.591. The number of aromatic nitrogens is 1. The van der Waals surface area contributed by atoms with Crippen molar-refractivity contribution in [2.45, 2.75) is 50.7 Å². The van der Waals surface area contributed by atoms with E-state index in [0.717, 1.165) is 19.5 Å². The van der Waals surface area contributed by atoms with Crippen LogP contribution in [0.1, 0.15) is 50.6 Å². The standard InChI is InChI=1S/C22H28N2O/c1-22(25,20-15-17-8-9-18(20)14-17)10-5-13-24-12-3-2-7-21(24)19-6-4-11-23-16-19/h4,6,8-9,11,16-18,20-21,25H,2-3,7,12-15H2,1H3/t17-,18-,20+,21+,22-/m0/s1. The Morgan fingerprint density at radius 2 is 2.24 bits per heavy atom. The van der Waals surface area contributed by atoms with E-state index in [2.05, 4.69) is 39.9 Å². The van der Waals surface area contributed by atoms with Crippen LogP contribution in [0.3, 0.4) is 0 Å². The third-order valence-electron chi connectivity index (χ3n) is 6.31. The molecule has 3 nitrogen and oxygen atoms in total. The van der Waals surface area contributed by atoms with E-state index in [0.29, 0.717) is 23.8 Å². The Kier molecular flexibility index (Phi) is 4.67. The van der Waals surface area contributed by atoms with Gasteiger partial charge in [0.15, 0.2) is 0 Å². The highest BCUT2D eigenvalue weighted by molar-refractivity contribution is 5.23. The molecule has 0 radical (unpaired) electrons. The molecule has 0 aromatic carbocycles. The second kappa shape index (κ2) is 6.94. The van der Waals surface area contributed by atoms with Gasteiger partial charge in [0, 0.05) is 24.4 Å². The third-order valence-corrected chi connectivity index (χ3v) is 6.31. The summed E-state index contributed by atoms with van der Waals surface area (Å²) in [5, 5.41) is 10.9. The van der Waals surface area contributed by atoms with E-state index in [9.17, 15) is 5.11 Å². The molecule has 0 spiro atoms. The van der Waals surface area contributed by atoms with E-state index in [-0.39, 0.29) is 0 Å². The molecular formula is C22H28N2O. The van der Waals surface area contributed by atoms with Crippen molar-refractivity contribution in [2.24, 2.45) is 17.8 Å². The van der Waals surface area contributed by atoms with Gasteiger partial charge in [-0.3, -0.25) is 9.88 Å². The second-order valence-electron chi connectivity index (χ2n) is 8.10. The highest BCUT2D eigenvalue weighted by Gasteiger charge is 2.44. The number of rotatable bonds is 3. The average Bonchev–Trinajstić information content (AvgIpc) is 3.27. The predicted octanol–water partition coefficient (Wildman–Crippen LogP) is 3.58. The van der Waals surface area contributed by atoms with Crippen LogP contribution in [0.25, 0.3) is 0 Å². The zero-order valence-electron chi connectivity index (χ0n) is 15.1. The molecule has 0 amide bonds. The first-order valence-electron chi connectivity index (χ1n) is 9.68. The zero-order valence-corrected chi connectivity index (χ0v) is 15.1. The summed E-state index contributed by atoms with van der Waals surface area (Å²) in [6.07, 6.45) is 14.4. The van der Waals surface area contributed by atoms with Crippen LogP contribution < -0.4 is 0 Å². The summed E-state index contributed by atoms with van der Waals surface area (Å²) in [5.74, 6) is 8.02. The molecular weight excluding hydrogens is 308 g/mol. The normalized spacial score (nSPS) is 33.7. The van der Waals surface area contributed by atoms with Gasteiger partial charge in [0.2, 0.25) is 0 Å². The zero-order chi connectivity index (χ0) is 17.3. The number of likely N-dealkylation sites (tertiary alicyclic amines) is 1. The van der Waals surface area contributed by atoms with Crippen molar-refractivity contribution in [3.63, 3.8) is 0 Å². The molecule has 1 saturated carbocycles. The Hall–Kier alpha value is -1.63. The van der Waals surface area contributed by atoms with Crippen LogP contribution in [0.5, 0.6) is 0 Å². The fourth-order valence-corrected chi connectivity index (χ4v) is 4.97. The number of pyridine rings is 1. The summed E-state index contributed by atoms with van der Waals surface area (Å²) < 4.78 is 0. The number of hydrogen-bond acceptors (Lipinski definition) is 3. The van der Waals surface area contributed by atoms with E-state index in [1.54, 1.807) is 0 Å². The SMILES string of the molecule is C[C@](O)(C#CCN1CCCC[C@@H]1c1cccnc1)[C@@H]1C[C@H]2C=C[C@H]1C2. The molecule has 3 heteroatoms. The molecule has 5 atom stereocenters. The van der Waals surface area contributed by atoms with Crippen molar-refractivity contribution in [3.8, 4) is 11.8 Å². The molecule has 1 saturated heterocycles. The van der Waals surface area contributed by atoms with Crippen LogP contribution in [0.2, 0.25) is 0 Å². The summed E-state index contributed by atoms with van der Waals surface area (Å²) in [4.78, 5) is 6.73. The van der Waals surface area contributed by atoms with Gasteiger partial charge in [0.25, 0.3) is 0 Å². The van der Waals surface area contributed by atoms with Crippen molar-refractivity contribution in [2.75, 3.05) is 13.1 Å². The minimum atomic E-state index is -0.871. The van der Waals surface area contributed by atoms with Gasteiger partial charge in [0.05, 0.1) is 6.54 Å². The lowest BCUT2D eigenvalue weighted by Gasteiger charge is -2.34. The van der Waals surface area contributed by atoms with Gasteiger partial charge in [-0.1, -0.05) is 36.5 Å². The fourth-order valence-electron chi connectivity index (χ4n) is 4.97. The number of allylic oxidation sites excluding steroid dienone is 2. The van der Waals surface area contributed by atoms with Gasteiger partial charge in [-0.2, -0.15) is 0 Å². The van der Waals surface area contributed by atoms with Crippen LogP contribution >= 0.6 is 0 Å². The van der Waals surface area contributed by atoms with Gasteiger partial charge in [-0.25, -0.2) is 0 Å². The van der Waals surface area contributed by atoms with Crippen molar-refractivity contribution in [1.82, 2.24) is 9.88 Å². The Bertz CT molecular complexity index is 685. The Labute approximate surface area is 151 Å². The van der Waals surface area contributed by atoms with Gasteiger partial charge < -0.3 is 5.11 Å². The maximum absolute atomic E-state index is 10.9. The van der Waals surface area contributed by atoms with Crippen LogP contribution in [-0.4, -0.2) is 33.7 Å². The molecule has 4 rings (SSSR count). The molecule has 1 aromatic rings. The molecule has 2 fully saturated rings. The molecule has 25 heavy (non-hydrogen) atoms. The maximum atomic E-state index is 10.9. The number of aliphatic hydroxyl groups is 1. The first-order valence-corrected chi connectivity index (χ1v) is 9.68. The highest BCUT2D eigenvalue weighted by Crippen LogP contribution is 2.47. The number of piperidine rings is 1. The quantitative estimate of drug-likeness (QED) is 0.677. The minimum Gasteiger partial charge on any atom is -0.378 e. The van der Waals surface area contributed by atoms with Crippen LogP contribution in [-0.2, 0) is 0 Å². The number of fused-ring (bicyclic) bond motifs is 2. The Morgan fingerprint density at radius 1 is 1.32 bits per heavy atom. The molecule has 3 aliphatic rings. The number of nitrogens with zero attached hydrogens (tertiary/aromatic N) is 2. The average molecular weight is 336 g/mol. The first kappa shape index (κ1) is 16.8. The molecule has 1 N–H and O–H groups in total. The molecule has 2 aliphatic carbocycles. The molecule has 0 unspecified atom stereocenters. The van der Waals surface area contributed by atoms with E-state index < -0.39 is 5.60 Å². The third kappa shape index (κ3) is 3.52. The van der Waals surface area contributed by atoms with Gasteiger partial charge in [0.1, 0.15) is 5.60 Å². The van der Waals surface area contributed by atoms with E-state index >= 15 is 0 Å². The van der Waals surface area contributed by atoms with Gasteiger partial charge in [-0.15, -0.1) is 0 Å². The summed E-state index contributed by atoms with van der Waals surface area (Å²) in [7, 11) is 0. The predicted molar refractivity (Wildman–Crippen MR) is 99.6 cm³/mol. The summed E-state index contributed by atoms with van der Waals surface area (Å²) in [6, 6.07) is 4.59. The van der Waals surface area contributed by atoms with E-state index in [1.807, 2.05) is 25.4 Å². The lowest BCUT2D eigenvalue weighted by atomic mass is 9.80. The molecule has 2 bridgehead atoms. The maximum Gasteiger partial charge on any atom is 0.126 e. The lowest BCUT2D eigenvalue weighted by molar-refractivity contribution is 0.0430. The van der Waals surface area contributed by atoms with Crippen molar-refractivity contribution < 1.29 is 5.11 Å². The van der Waals surface area contributed by atoms with Gasteiger partial charge >= 0.3 is 0 Å². The topological polar surface area (TPSA) is 36.4 Å². The molecule has 1 aliphatic heterocycles. The van der Waals surface area contributed by atoms with Crippen LogP contribution in [0.4, 0.5) is 0 Å². The highest BCUT2D eigenvalue weighted by atomic mass is 16.3.